The van der Waals surface area contributed by atoms with Crippen molar-refractivity contribution in [3.05, 3.63) is 46.4 Å². The summed E-state index contributed by atoms with van der Waals surface area (Å²) in [5, 5.41) is 0. The van der Waals surface area contributed by atoms with Crippen LogP contribution in [0, 0.1) is 0 Å². The van der Waals surface area contributed by atoms with Gasteiger partial charge in [0.1, 0.15) is 5.75 Å². The molecule has 2 aromatic rings. The maximum Gasteiger partial charge on any atom is 0.292 e. The number of ether oxygens (including phenoxy) is 3. The Morgan fingerprint density at radius 1 is 1.14 bits per heavy atom. The molecule has 1 aromatic heterocycles. The van der Waals surface area contributed by atoms with Crippen LogP contribution in [0.5, 0.6) is 11.5 Å². The Balaban J connectivity index is 1.35. The van der Waals surface area contributed by atoms with Gasteiger partial charge in [-0.15, -0.1) is 0 Å². The van der Waals surface area contributed by atoms with Gasteiger partial charge in [-0.25, -0.2) is 0 Å². The summed E-state index contributed by atoms with van der Waals surface area (Å²) in [5.74, 6) is 0.774. The van der Waals surface area contributed by atoms with Crippen molar-refractivity contribution in [2.24, 2.45) is 7.05 Å². The second kappa shape index (κ2) is 7.18. The molecule has 6 heteroatoms. The number of aryl methyl sites for hydroxylation is 1. The van der Waals surface area contributed by atoms with Crippen molar-refractivity contribution in [3.63, 3.8) is 0 Å². The summed E-state index contributed by atoms with van der Waals surface area (Å²) >= 11 is 0. The zero-order chi connectivity index (χ0) is 20.0. The minimum atomic E-state index is -0.478. The first-order valence-electron chi connectivity index (χ1n) is 10.5. The van der Waals surface area contributed by atoms with E-state index in [-0.39, 0.29) is 5.56 Å². The number of methoxy groups -OCH3 is 1. The van der Waals surface area contributed by atoms with Crippen LogP contribution in [0.1, 0.15) is 37.7 Å². The standard InChI is InChI=1S/C23H28N2O4/c1-24-14-17(13-21(27-2)22(24)26)16-6-7-20-18(12-16)15-28-23(29-20)8-10-25(11-9-23)19-4-3-5-19/h6-7,12-14,19H,3-5,8-11,15H2,1-2H3. The predicted octanol–water partition coefficient (Wildman–Crippen LogP) is 3.31. The van der Waals surface area contributed by atoms with Crippen LogP contribution in [0.25, 0.3) is 11.1 Å². The van der Waals surface area contributed by atoms with E-state index < -0.39 is 5.79 Å². The van der Waals surface area contributed by atoms with Gasteiger partial charge in [0.15, 0.2) is 5.75 Å². The van der Waals surface area contributed by atoms with Crippen LogP contribution in [0.3, 0.4) is 0 Å². The van der Waals surface area contributed by atoms with Gasteiger partial charge in [-0.05, 0) is 36.6 Å². The van der Waals surface area contributed by atoms with Gasteiger partial charge in [0.05, 0.1) is 13.7 Å². The van der Waals surface area contributed by atoms with Gasteiger partial charge in [0.25, 0.3) is 5.56 Å². The first kappa shape index (κ1) is 18.7. The van der Waals surface area contributed by atoms with Gasteiger partial charge < -0.3 is 18.8 Å². The fourth-order valence-corrected chi connectivity index (χ4v) is 4.62. The lowest BCUT2D eigenvalue weighted by atomic mass is 9.89. The summed E-state index contributed by atoms with van der Waals surface area (Å²) in [6.07, 6.45) is 7.73. The van der Waals surface area contributed by atoms with Gasteiger partial charge in [-0.2, -0.15) is 0 Å². The van der Waals surface area contributed by atoms with Crippen molar-refractivity contribution in [1.29, 1.82) is 0 Å². The molecule has 1 aromatic carbocycles. The number of pyridine rings is 1. The fraction of sp³-hybridized carbons (Fsp3) is 0.522. The number of hydrogen-bond donors (Lipinski definition) is 0. The van der Waals surface area contributed by atoms with E-state index in [2.05, 4.69) is 11.0 Å². The van der Waals surface area contributed by atoms with E-state index in [1.165, 1.54) is 26.4 Å². The van der Waals surface area contributed by atoms with Gasteiger partial charge in [-0.3, -0.25) is 9.69 Å². The second-order valence-corrected chi connectivity index (χ2v) is 8.46. The molecule has 1 saturated heterocycles. The highest BCUT2D eigenvalue weighted by Crippen LogP contribution is 2.40. The van der Waals surface area contributed by atoms with E-state index in [1.54, 1.807) is 17.7 Å². The summed E-state index contributed by atoms with van der Waals surface area (Å²) in [4.78, 5) is 14.7. The number of rotatable bonds is 3. The van der Waals surface area contributed by atoms with Crippen molar-refractivity contribution in [1.82, 2.24) is 9.47 Å². The molecule has 2 fully saturated rings. The molecule has 0 radical (unpaired) electrons. The summed E-state index contributed by atoms with van der Waals surface area (Å²) < 4.78 is 19.4. The zero-order valence-corrected chi connectivity index (χ0v) is 17.1. The van der Waals surface area contributed by atoms with E-state index in [0.29, 0.717) is 12.4 Å². The molecule has 154 valence electrons. The molecule has 1 saturated carbocycles. The highest BCUT2D eigenvalue weighted by molar-refractivity contribution is 5.66. The number of piperidine rings is 1. The Bertz CT molecular complexity index is 971. The third kappa shape index (κ3) is 3.34. The molecule has 1 aliphatic carbocycles. The molecule has 0 N–H and O–H groups in total. The first-order chi connectivity index (χ1) is 14.1. The Morgan fingerprint density at radius 2 is 1.93 bits per heavy atom. The molecule has 5 rings (SSSR count). The second-order valence-electron chi connectivity index (χ2n) is 8.46. The Hall–Kier alpha value is -2.31. The maximum atomic E-state index is 12.1. The first-order valence-corrected chi connectivity index (χ1v) is 10.5. The molecule has 1 spiro atoms. The van der Waals surface area contributed by atoms with Crippen LogP contribution in [-0.4, -0.2) is 41.5 Å². The topological polar surface area (TPSA) is 52.9 Å². The summed E-state index contributed by atoms with van der Waals surface area (Å²) in [6, 6.07) is 8.73. The van der Waals surface area contributed by atoms with E-state index >= 15 is 0 Å². The molecule has 0 unspecified atom stereocenters. The third-order valence-corrected chi connectivity index (χ3v) is 6.70. The smallest absolute Gasteiger partial charge is 0.292 e. The molecule has 29 heavy (non-hydrogen) atoms. The van der Waals surface area contributed by atoms with Crippen LogP contribution in [-0.2, 0) is 18.4 Å². The van der Waals surface area contributed by atoms with Crippen molar-refractivity contribution in [2.75, 3.05) is 20.2 Å². The summed E-state index contributed by atoms with van der Waals surface area (Å²) in [6.45, 7) is 2.65. The van der Waals surface area contributed by atoms with Crippen molar-refractivity contribution < 1.29 is 14.2 Å². The highest BCUT2D eigenvalue weighted by Gasteiger charge is 2.42. The van der Waals surface area contributed by atoms with Crippen molar-refractivity contribution >= 4 is 0 Å². The Labute approximate surface area is 171 Å². The van der Waals surface area contributed by atoms with Gasteiger partial charge in [0.2, 0.25) is 5.79 Å². The SMILES string of the molecule is COc1cc(-c2ccc3c(c2)COC2(CCN(C4CCC4)CC2)O3)cn(C)c1=O. The van der Waals surface area contributed by atoms with Crippen LogP contribution in [0.2, 0.25) is 0 Å². The Kier molecular flexibility index (Phi) is 4.63. The van der Waals surface area contributed by atoms with E-state index in [0.717, 1.165) is 54.4 Å². The molecule has 0 amide bonds. The number of benzene rings is 1. The lowest BCUT2D eigenvalue weighted by Crippen LogP contribution is -2.54. The Morgan fingerprint density at radius 3 is 2.62 bits per heavy atom. The lowest BCUT2D eigenvalue weighted by molar-refractivity contribution is -0.231. The molecule has 3 heterocycles. The van der Waals surface area contributed by atoms with Crippen LogP contribution < -0.4 is 15.0 Å². The quantitative estimate of drug-likeness (QED) is 0.797. The summed E-state index contributed by atoms with van der Waals surface area (Å²) in [5.41, 5.74) is 2.85. The molecular weight excluding hydrogens is 368 g/mol. The fourth-order valence-electron chi connectivity index (χ4n) is 4.62. The van der Waals surface area contributed by atoms with Crippen molar-refractivity contribution in [2.45, 2.75) is 50.5 Å². The van der Waals surface area contributed by atoms with E-state index in [4.69, 9.17) is 14.2 Å². The van der Waals surface area contributed by atoms with Gasteiger partial charge >= 0.3 is 0 Å². The molecule has 3 aliphatic rings. The number of likely N-dealkylation sites (tertiary alicyclic amines) is 1. The molecule has 0 bridgehead atoms. The maximum absolute atomic E-state index is 12.1. The van der Waals surface area contributed by atoms with Gasteiger partial charge in [-0.1, -0.05) is 12.5 Å². The minimum absolute atomic E-state index is 0.143. The van der Waals surface area contributed by atoms with Crippen LogP contribution in [0.15, 0.2) is 35.3 Å². The monoisotopic (exact) mass is 396 g/mol. The largest absolute Gasteiger partial charge is 0.491 e. The predicted molar refractivity (Wildman–Crippen MR) is 110 cm³/mol. The van der Waals surface area contributed by atoms with E-state index in [1.807, 2.05) is 18.3 Å². The molecule has 0 atom stereocenters. The number of hydrogen-bond acceptors (Lipinski definition) is 5. The van der Waals surface area contributed by atoms with Gasteiger partial charge in [0, 0.05) is 56.3 Å². The van der Waals surface area contributed by atoms with Crippen LogP contribution >= 0.6 is 0 Å². The minimum Gasteiger partial charge on any atom is -0.491 e. The number of aromatic nitrogens is 1. The average Bonchev–Trinajstić information content (AvgIpc) is 2.70. The highest BCUT2D eigenvalue weighted by atomic mass is 16.7. The molecular formula is C23H28N2O4. The average molecular weight is 396 g/mol. The zero-order valence-electron chi connectivity index (χ0n) is 17.1. The lowest BCUT2D eigenvalue weighted by Gasteiger charge is -2.47. The molecule has 6 nitrogen and oxygen atoms in total. The number of fused-ring (bicyclic) bond motifs is 1. The van der Waals surface area contributed by atoms with Crippen LogP contribution in [0.4, 0.5) is 0 Å². The summed E-state index contributed by atoms with van der Waals surface area (Å²) in [7, 11) is 3.25. The molecule has 2 aliphatic heterocycles. The third-order valence-electron chi connectivity index (χ3n) is 6.70. The van der Waals surface area contributed by atoms with E-state index in [9.17, 15) is 4.79 Å². The van der Waals surface area contributed by atoms with Crippen molar-refractivity contribution in [3.8, 4) is 22.6 Å². The number of nitrogens with zero attached hydrogens (tertiary/aromatic N) is 2. The normalized spacial score (nSPS) is 21.3.